The predicted molar refractivity (Wildman–Crippen MR) is 175 cm³/mol. The molecule has 0 saturated carbocycles. The lowest BCUT2D eigenvalue weighted by Gasteiger charge is -2.46. The number of anilines is 2. The SMILES string of the molecule is COc1ccc(C2=NOC3(C2)CN(C(=O)C(C)(C)O)C3)cc1C(=O)Nc1c(C(=O)Nc2ccc(F)c(C(F)(F)F)c2)sc2cc(C(F)(F)F)ccc12. The van der Waals surface area contributed by atoms with Crippen LogP contribution in [-0.2, 0) is 22.0 Å². The zero-order valence-electron chi connectivity index (χ0n) is 27.3. The van der Waals surface area contributed by atoms with Crippen molar-refractivity contribution in [2.75, 3.05) is 30.8 Å². The van der Waals surface area contributed by atoms with Crippen molar-refractivity contribution < 1.29 is 59.8 Å². The average molecular weight is 753 g/mol. The van der Waals surface area contributed by atoms with E-state index in [1.165, 1.54) is 38.0 Å². The Balaban J connectivity index is 1.30. The molecule has 3 heterocycles. The molecule has 0 bridgehead atoms. The molecule has 2 aliphatic rings. The molecule has 3 amide bonds. The lowest BCUT2D eigenvalue weighted by Crippen LogP contribution is -2.66. The number of likely N-dealkylation sites (tertiary alicyclic amines) is 1. The molecule has 0 radical (unpaired) electrons. The fourth-order valence-corrected chi connectivity index (χ4v) is 6.93. The second-order valence-corrected chi connectivity index (χ2v) is 13.8. The minimum atomic E-state index is -5.09. The van der Waals surface area contributed by atoms with E-state index in [1.807, 2.05) is 0 Å². The van der Waals surface area contributed by atoms with Gasteiger partial charge in [-0.3, -0.25) is 14.4 Å². The molecule has 0 atom stereocenters. The highest BCUT2D eigenvalue weighted by Gasteiger charge is 2.53. The Kier molecular flexibility index (Phi) is 8.98. The second-order valence-electron chi connectivity index (χ2n) is 12.7. The zero-order valence-corrected chi connectivity index (χ0v) is 28.1. The number of hydrogen-bond acceptors (Lipinski definition) is 8. The molecule has 10 nitrogen and oxygen atoms in total. The van der Waals surface area contributed by atoms with E-state index in [0.29, 0.717) is 34.7 Å². The van der Waals surface area contributed by atoms with E-state index in [2.05, 4.69) is 15.8 Å². The number of amides is 3. The van der Waals surface area contributed by atoms with Gasteiger partial charge in [0.25, 0.3) is 17.7 Å². The van der Waals surface area contributed by atoms with Crippen LogP contribution in [0, 0.1) is 5.82 Å². The van der Waals surface area contributed by atoms with Crippen molar-refractivity contribution in [3.05, 3.63) is 87.5 Å². The summed E-state index contributed by atoms with van der Waals surface area (Å²) in [5.41, 5.74) is -5.06. The number of aliphatic hydroxyl groups is 1. The van der Waals surface area contributed by atoms with Crippen molar-refractivity contribution in [3.63, 3.8) is 0 Å². The summed E-state index contributed by atoms with van der Waals surface area (Å²) in [6.07, 6.45) is -9.60. The van der Waals surface area contributed by atoms with E-state index in [4.69, 9.17) is 9.57 Å². The highest BCUT2D eigenvalue weighted by molar-refractivity contribution is 7.21. The number of nitrogens with zero attached hydrogens (tertiary/aromatic N) is 2. The Morgan fingerprint density at radius 1 is 0.942 bits per heavy atom. The summed E-state index contributed by atoms with van der Waals surface area (Å²) in [6, 6.07) is 8.77. The van der Waals surface area contributed by atoms with Crippen LogP contribution in [0.2, 0.25) is 0 Å². The molecule has 1 aromatic heterocycles. The van der Waals surface area contributed by atoms with E-state index in [1.54, 1.807) is 6.07 Å². The van der Waals surface area contributed by atoms with Crippen LogP contribution in [0.25, 0.3) is 10.1 Å². The third-order valence-electron chi connectivity index (χ3n) is 8.38. The van der Waals surface area contributed by atoms with Crippen molar-refractivity contribution in [2.24, 2.45) is 5.16 Å². The van der Waals surface area contributed by atoms with Gasteiger partial charge in [-0.05, 0) is 62.4 Å². The van der Waals surface area contributed by atoms with Crippen LogP contribution in [0.15, 0.2) is 59.8 Å². The van der Waals surface area contributed by atoms with Gasteiger partial charge in [0.05, 0.1) is 48.3 Å². The largest absolute Gasteiger partial charge is 0.496 e. The minimum Gasteiger partial charge on any atom is -0.496 e. The number of halogens is 7. The average Bonchev–Trinajstić information content (AvgIpc) is 3.65. The molecule has 0 unspecified atom stereocenters. The third kappa shape index (κ3) is 6.99. The van der Waals surface area contributed by atoms with Crippen molar-refractivity contribution in [3.8, 4) is 5.75 Å². The van der Waals surface area contributed by atoms with Gasteiger partial charge in [-0.15, -0.1) is 11.3 Å². The van der Waals surface area contributed by atoms with Crippen LogP contribution in [0.3, 0.4) is 0 Å². The zero-order chi connectivity index (χ0) is 38.0. The lowest BCUT2D eigenvalue weighted by atomic mass is 9.85. The van der Waals surface area contributed by atoms with Crippen LogP contribution in [-0.4, -0.2) is 64.8 Å². The normalized spacial score (nSPS) is 15.6. The number of alkyl halides is 6. The highest BCUT2D eigenvalue weighted by atomic mass is 32.1. The van der Waals surface area contributed by atoms with Gasteiger partial charge < -0.3 is 30.2 Å². The van der Waals surface area contributed by atoms with Gasteiger partial charge in [0.1, 0.15) is 22.0 Å². The molecule has 1 saturated heterocycles. The van der Waals surface area contributed by atoms with Gasteiger partial charge in [-0.2, -0.15) is 26.3 Å². The Morgan fingerprint density at radius 3 is 2.29 bits per heavy atom. The standard InChI is InChI=1S/C34H27F7N4O6S/c1-31(2,49)30(48)45-14-32(15-45)13-23(44-51-32)16-4-9-24(50-3)20(10-16)28(46)43-26-19-7-5-17(33(36,37)38)11-25(19)52-27(26)29(47)42-18-6-8-22(35)21(12-18)34(39,40)41/h4-12,49H,13-15H2,1-3H3,(H,42,47)(H,43,46). The number of fused-ring (bicyclic) bond motifs is 1. The number of methoxy groups -OCH3 is 1. The van der Waals surface area contributed by atoms with Crippen LogP contribution in [0.1, 0.15) is 57.0 Å². The summed E-state index contributed by atoms with van der Waals surface area (Å²) < 4.78 is 99.9. The molecule has 274 valence electrons. The van der Waals surface area contributed by atoms with Gasteiger partial charge in [-0.25, -0.2) is 4.39 Å². The Morgan fingerprint density at radius 2 is 1.65 bits per heavy atom. The first-order valence-corrected chi connectivity index (χ1v) is 16.1. The van der Waals surface area contributed by atoms with Crippen LogP contribution < -0.4 is 15.4 Å². The number of hydrogen-bond donors (Lipinski definition) is 3. The summed E-state index contributed by atoms with van der Waals surface area (Å²) in [7, 11) is 1.29. The molecule has 6 rings (SSSR count). The summed E-state index contributed by atoms with van der Waals surface area (Å²) in [5.74, 6) is -3.96. The van der Waals surface area contributed by atoms with Gasteiger partial charge in [0.2, 0.25) is 0 Å². The van der Waals surface area contributed by atoms with Crippen molar-refractivity contribution in [1.82, 2.24) is 4.90 Å². The summed E-state index contributed by atoms with van der Waals surface area (Å²) in [5, 5.41) is 19.0. The lowest BCUT2D eigenvalue weighted by molar-refractivity contribution is -0.176. The van der Waals surface area contributed by atoms with Gasteiger partial charge in [0.15, 0.2) is 5.60 Å². The topological polar surface area (TPSA) is 130 Å². The van der Waals surface area contributed by atoms with Gasteiger partial charge in [0, 0.05) is 27.8 Å². The number of oxime groups is 1. The molecule has 18 heteroatoms. The van der Waals surface area contributed by atoms with Crippen molar-refractivity contribution in [2.45, 2.75) is 43.8 Å². The summed E-state index contributed by atoms with van der Waals surface area (Å²) >= 11 is 0.544. The molecule has 52 heavy (non-hydrogen) atoms. The first-order valence-electron chi connectivity index (χ1n) is 15.3. The maximum atomic E-state index is 13.9. The van der Waals surface area contributed by atoms with E-state index in [-0.39, 0.29) is 51.5 Å². The molecular weight excluding hydrogens is 725 g/mol. The highest BCUT2D eigenvalue weighted by Crippen LogP contribution is 2.42. The molecule has 0 aliphatic carbocycles. The Bertz CT molecular complexity index is 2150. The number of thiophene rings is 1. The smallest absolute Gasteiger partial charge is 0.419 e. The summed E-state index contributed by atoms with van der Waals surface area (Å²) in [6.45, 7) is 3.06. The second kappa shape index (κ2) is 12.8. The van der Waals surface area contributed by atoms with Crippen molar-refractivity contribution >= 4 is 56.2 Å². The van der Waals surface area contributed by atoms with Crippen LogP contribution >= 0.6 is 11.3 Å². The molecule has 1 spiro atoms. The minimum absolute atomic E-state index is 0.0207. The molecule has 1 fully saturated rings. The monoisotopic (exact) mass is 752 g/mol. The molecule has 2 aliphatic heterocycles. The van der Waals surface area contributed by atoms with Crippen LogP contribution in [0.5, 0.6) is 5.75 Å². The van der Waals surface area contributed by atoms with Gasteiger partial charge >= 0.3 is 12.4 Å². The number of carbonyl (C=O) groups excluding carboxylic acids is 3. The first kappa shape index (κ1) is 36.6. The number of rotatable bonds is 7. The first-order chi connectivity index (χ1) is 24.2. The molecule has 3 aromatic carbocycles. The quantitative estimate of drug-likeness (QED) is 0.173. The molecule has 3 N–H and O–H groups in total. The van der Waals surface area contributed by atoms with E-state index in [0.717, 1.165) is 24.3 Å². The number of ether oxygens (including phenoxy) is 1. The van der Waals surface area contributed by atoms with E-state index >= 15 is 0 Å². The maximum absolute atomic E-state index is 13.9. The van der Waals surface area contributed by atoms with E-state index < -0.39 is 63.9 Å². The molecular formula is C34H27F7N4O6S. The molecule has 4 aromatic rings. The number of nitrogens with one attached hydrogen (secondary N) is 2. The third-order valence-corrected chi connectivity index (χ3v) is 9.53. The Hall–Kier alpha value is -5.23. The summed E-state index contributed by atoms with van der Waals surface area (Å²) in [4.78, 5) is 46.5. The fraction of sp³-hybridized carbons (Fsp3) is 0.294. The van der Waals surface area contributed by atoms with E-state index in [9.17, 15) is 50.2 Å². The Labute approximate surface area is 293 Å². The fourth-order valence-electron chi connectivity index (χ4n) is 5.84. The number of carbonyl (C=O) groups is 3. The predicted octanol–water partition coefficient (Wildman–Crippen LogP) is 7.07. The van der Waals surface area contributed by atoms with Crippen LogP contribution in [0.4, 0.5) is 42.1 Å². The number of benzene rings is 3. The van der Waals surface area contributed by atoms with Gasteiger partial charge in [-0.1, -0.05) is 11.2 Å². The van der Waals surface area contributed by atoms with Crippen molar-refractivity contribution in [1.29, 1.82) is 0 Å². The maximum Gasteiger partial charge on any atom is 0.419 e.